The molecule has 2 N–H and O–H groups in total. The van der Waals surface area contributed by atoms with Crippen LogP contribution in [-0.4, -0.2) is 53.9 Å². The third-order valence-electron chi connectivity index (χ3n) is 7.73. The van der Waals surface area contributed by atoms with Crippen LogP contribution in [0.1, 0.15) is 31.7 Å². The second kappa shape index (κ2) is 11.5. The van der Waals surface area contributed by atoms with Crippen molar-refractivity contribution >= 4 is 44.2 Å². The molecular formula is C30H31ClF2N6O3S. The molecule has 0 unspecified atom stereocenters. The van der Waals surface area contributed by atoms with Crippen molar-refractivity contribution in [3.8, 4) is 22.9 Å². The molecule has 3 heterocycles. The van der Waals surface area contributed by atoms with Gasteiger partial charge in [-0.25, -0.2) is 32.2 Å². The molecule has 2 atom stereocenters. The maximum absolute atomic E-state index is 15.2. The van der Waals surface area contributed by atoms with Crippen LogP contribution in [-0.2, 0) is 10.0 Å². The van der Waals surface area contributed by atoms with Crippen LogP contribution in [0.25, 0.3) is 22.0 Å². The van der Waals surface area contributed by atoms with E-state index in [2.05, 4.69) is 27.5 Å². The zero-order chi connectivity index (χ0) is 30.4. The Balaban J connectivity index is 1.35. The number of hydrogen-bond donors (Lipinski definition) is 2. The van der Waals surface area contributed by atoms with Gasteiger partial charge < -0.3 is 15.4 Å². The zero-order valence-electron chi connectivity index (χ0n) is 23.6. The molecule has 9 nitrogen and oxygen atoms in total. The van der Waals surface area contributed by atoms with E-state index in [9.17, 15) is 12.8 Å². The number of halogens is 3. The summed E-state index contributed by atoms with van der Waals surface area (Å²) in [5, 5.41) is 7.40. The molecule has 0 bridgehead atoms. The minimum absolute atomic E-state index is 0.124. The van der Waals surface area contributed by atoms with Crippen molar-refractivity contribution < 1.29 is 21.9 Å². The average Bonchev–Trinajstić information content (AvgIpc) is 3.70. The Morgan fingerprint density at radius 3 is 2.67 bits per heavy atom. The van der Waals surface area contributed by atoms with Crippen molar-refractivity contribution in [1.82, 2.24) is 20.3 Å². The molecule has 4 aromatic rings. The number of anilines is 2. The minimum Gasteiger partial charge on any atom is -0.437 e. The highest BCUT2D eigenvalue weighted by atomic mass is 35.5. The van der Waals surface area contributed by atoms with E-state index >= 15 is 4.39 Å². The van der Waals surface area contributed by atoms with Crippen molar-refractivity contribution in [2.45, 2.75) is 44.8 Å². The van der Waals surface area contributed by atoms with Crippen LogP contribution in [0.15, 0.2) is 54.9 Å². The molecule has 6 rings (SSSR count). The first kappa shape index (κ1) is 29.5. The fraction of sp³-hybridized carbons (Fsp3) is 0.367. The van der Waals surface area contributed by atoms with Gasteiger partial charge in [0.1, 0.15) is 28.7 Å². The predicted octanol–water partition coefficient (Wildman–Crippen LogP) is 6.13. The van der Waals surface area contributed by atoms with Crippen molar-refractivity contribution in [3.63, 3.8) is 0 Å². The standard InChI is InChI=1S/C30H31ClF2N6O3S/c1-18-14-20(16-34-15-18)37-29-36-13-9-25(38-29)23-4-3-12-35-28(23)42-27-19(2)5-6-21-22(27)7-8-24(32)26(21)39(31)43(40,41)17-30(33)10-11-30/h3-9,12-13,18,20,34H,10-11,14-17H2,1-2H3,(H,36,37,38)/t18-,20+/m1/s1. The summed E-state index contributed by atoms with van der Waals surface area (Å²) in [6.07, 6.45) is 4.50. The Morgan fingerprint density at radius 1 is 1.12 bits per heavy atom. The lowest BCUT2D eigenvalue weighted by molar-refractivity contribution is 0.340. The minimum atomic E-state index is -4.36. The van der Waals surface area contributed by atoms with Crippen LogP contribution in [0.3, 0.4) is 0 Å². The van der Waals surface area contributed by atoms with E-state index in [1.54, 1.807) is 36.7 Å². The third-order valence-corrected chi connectivity index (χ3v) is 10.1. The number of aryl methyl sites for hydroxylation is 1. The zero-order valence-corrected chi connectivity index (χ0v) is 25.2. The summed E-state index contributed by atoms with van der Waals surface area (Å²) < 4.78 is 62.1. The lowest BCUT2D eigenvalue weighted by atomic mass is 9.98. The molecule has 1 aliphatic heterocycles. The number of piperidine rings is 1. The van der Waals surface area contributed by atoms with Gasteiger partial charge in [0.25, 0.3) is 10.0 Å². The van der Waals surface area contributed by atoms with Crippen LogP contribution in [0.2, 0.25) is 0 Å². The molecule has 43 heavy (non-hydrogen) atoms. The van der Waals surface area contributed by atoms with Crippen LogP contribution in [0.4, 0.5) is 20.4 Å². The second-order valence-corrected chi connectivity index (χ2v) is 13.7. The topological polar surface area (TPSA) is 109 Å². The molecule has 0 amide bonds. The summed E-state index contributed by atoms with van der Waals surface area (Å²) in [7, 11) is -4.36. The highest BCUT2D eigenvalue weighted by molar-refractivity contribution is 7.94. The third kappa shape index (κ3) is 6.22. The predicted molar refractivity (Wildman–Crippen MR) is 163 cm³/mol. The number of aromatic nitrogens is 3. The Hall–Kier alpha value is -3.61. The van der Waals surface area contributed by atoms with E-state index < -0.39 is 32.9 Å². The maximum atomic E-state index is 15.2. The van der Waals surface area contributed by atoms with E-state index in [1.807, 2.05) is 13.0 Å². The maximum Gasteiger partial charge on any atom is 0.252 e. The molecule has 2 fully saturated rings. The van der Waals surface area contributed by atoms with Crippen molar-refractivity contribution in [2.24, 2.45) is 5.92 Å². The van der Waals surface area contributed by atoms with Gasteiger partial charge in [0.2, 0.25) is 11.8 Å². The molecule has 2 aromatic heterocycles. The number of nitrogens with zero attached hydrogens (tertiary/aromatic N) is 4. The number of ether oxygens (including phenoxy) is 1. The Morgan fingerprint density at radius 2 is 1.91 bits per heavy atom. The summed E-state index contributed by atoms with van der Waals surface area (Å²) in [6.45, 7) is 5.80. The number of fused-ring (bicyclic) bond motifs is 1. The van der Waals surface area contributed by atoms with E-state index in [0.29, 0.717) is 43.6 Å². The number of sulfonamides is 1. The molecule has 1 aliphatic carbocycles. The van der Waals surface area contributed by atoms with Crippen LogP contribution < -0.4 is 19.2 Å². The number of rotatable bonds is 9. The van der Waals surface area contributed by atoms with Gasteiger partial charge in [0, 0.05) is 47.5 Å². The largest absolute Gasteiger partial charge is 0.437 e. The number of pyridine rings is 1. The molecule has 0 spiro atoms. The van der Waals surface area contributed by atoms with E-state index in [1.165, 1.54) is 6.07 Å². The normalized spacial score (nSPS) is 19.7. The first-order chi connectivity index (χ1) is 20.5. The van der Waals surface area contributed by atoms with Crippen molar-refractivity contribution in [3.05, 3.63) is 66.2 Å². The Bertz CT molecular complexity index is 1790. The highest BCUT2D eigenvalue weighted by Crippen LogP contribution is 2.45. The number of nitrogens with one attached hydrogen (secondary N) is 2. The monoisotopic (exact) mass is 628 g/mol. The summed E-state index contributed by atoms with van der Waals surface area (Å²) in [4.78, 5) is 13.6. The lowest BCUT2D eigenvalue weighted by Gasteiger charge is -2.28. The van der Waals surface area contributed by atoms with E-state index in [4.69, 9.17) is 21.5 Å². The summed E-state index contributed by atoms with van der Waals surface area (Å²) in [5.41, 5.74) is -0.362. The summed E-state index contributed by atoms with van der Waals surface area (Å²) in [6, 6.07) is 11.4. The van der Waals surface area contributed by atoms with Gasteiger partial charge in [-0.05, 0) is 74.5 Å². The first-order valence-electron chi connectivity index (χ1n) is 14.1. The van der Waals surface area contributed by atoms with E-state index in [0.717, 1.165) is 25.6 Å². The highest BCUT2D eigenvalue weighted by Gasteiger charge is 2.48. The molecule has 1 saturated carbocycles. The fourth-order valence-electron chi connectivity index (χ4n) is 5.35. The summed E-state index contributed by atoms with van der Waals surface area (Å²) >= 11 is 6.23. The van der Waals surface area contributed by atoms with Gasteiger partial charge in [-0.1, -0.05) is 19.1 Å². The second-order valence-electron chi connectivity index (χ2n) is 11.4. The van der Waals surface area contributed by atoms with Crippen molar-refractivity contribution in [1.29, 1.82) is 0 Å². The van der Waals surface area contributed by atoms with Crippen LogP contribution >= 0.6 is 11.8 Å². The smallest absolute Gasteiger partial charge is 0.252 e. The SMILES string of the molecule is Cc1ccc2c(N(Cl)S(=O)(=O)CC3(F)CC3)c(F)ccc2c1Oc1ncccc1-c1ccnc(N[C@@H]2CNC[C@H](C)C2)n1. The molecule has 13 heteroatoms. The van der Waals surface area contributed by atoms with Gasteiger partial charge in [-0.2, -0.15) is 3.82 Å². The number of hydrogen-bond acceptors (Lipinski definition) is 8. The van der Waals surface area contributed by atoms with Gasteiger partial charge >= 0.3 is 0 Å². The number of benzene rings is 2. The average molecular weight is 629 g/mol. The molecule has 1 saturated heterocycles. The van der Waals surface area contributed by atoms with E-state index in [-0.39, 0.29) is 30.1 Å². The molecule has 0 radical (unpaired) electrons. The van der Waals surface area contributed by atoms with Gasteiger partial charge in [0.15, 0.2) is 0 Å². The quantitative estimate of drug-likeness (QED) is 0.213. The first-order valence-corrected chi connectivity index (χ1v) is 16.0. The molecule has 2 aliphatic rings. The molecule has 226 valence electrons. The van der Waals surface area contributed by atoms with Crippen molar-refractivity contribution in [2.75, 3.05) is 28.0 Å². The Labute approximate surface area is 253 Å². The summed E-state index contributed by atoms with van der Waals surface area (Å²) in [5.74, 6) is -0.0935. The van der Waals surface area contributed by atoms with Crippen LogP contribution in [0, 0.1) is 18.7 Å². The van der Waals surface area contributed by atoms with Gasteiger partial charge in [-0.15, -0.1) is 0 Å². The van der Waals surface area contributed by atoms with Gasteiger partial charge in [0.05, 0.1) is 11.3 Å². The fourth-order valence-corrected chi connectivity index (χ4v) is 7.19. The van der Waals surface area contributed by atoms with Crippen LogP contribution in [0.5, 0.6) is 11.6 Å². The Kier molecular flexibility index (Phi) is 7.86. The molecule has 2 aromatic carbocycles. The lowest BCUT2D eigenvalue weighted by Crippen LogP contribution is -2.42. The molecular weight excluding hydrogens is 598 g/mol. The van der Waals surface area contributed by atoms with Gasteiger partial charge in [-0.3, -0.25) is 0 Å². The number of alkyl halides is 1.